The van der Waals surface area contributed by atoms with E-state index in [0.717, 1.165) is 13.0 Å². The van der Waals surface area contributed by atoms with Gasteiger partial charge in [-0.15, -0.1) is 0 Å². The van der Waals surface area contributed by atoms with Crippen molar-refractivity contribution < 1.29 is 5.11 Å². The molecule has 116 valence electrons. The monoisotopic (exact) mass is 271 g/mol. The van der Waals surface area contributed by atoms with E-state index < -0.39 is 0 Å². The van der Waals surface area contributed by atoms with Gasteiger partial charge in [0, 0.05) is 6.54 Å². The molecule has 19 heavy (non-hydrogen) atoms. The third-order valence-electron chi connectivity index (χ3n) is 3.77. The minimum absolute atomic E-state index is 0.116. The van der Waals surface area contributed by atoms with Crippen molar-refractivity contribution in [1.29, 1.82) is 0 Å². The molecule has 0 bridgehead atoms. The minimum atomic E-state index is -0.116. The highest BCUT2D eigenvalue weighted by Gasteiger charge is 2.10. The summed E-state index contributed by atoms with van der Waals surface area (Å²) in [6, 6.07) is 0. The van der Waals surface area contributed by atoms with Gasteiger partial charge in [0.15, 0.2) is 0 Å². The summed E-state index contributed by atoms with van der Waals surface area (Å²) in [6.45, 7) is 9.94. The lowest BCUT2D eigenvalue weighted by Crippen LogP contribution is -2.34. The summed E-state index contributed by atoms with van der Waals surface area (Å²) in [5.41, 5.74) is 0. The van der Waals surface area contributed by atoms with Crippen LogP contribution in [0.1, 0.15) is 85.0 Å². The molecule has 2 nitrogen and oxygen atoms in total. The maximum atomic E-state index is 10.1. The number of unbranched alkanes of at least 4 members (excludes halogenated alkanes) is 6. The van der Waals surface area contributed by atoms with Crippen LogP contribution < -0.4 is 0 Å². The van der Waals surface area contributed by atoms with Crippen molar-refractivity contribution >= 4 is 0 Å². The molecule has 0 aromatic carbocycles. The van der Waals surface area contributed by atoms with E-state index >= 15 is 0 Å². The van der Waals surface area contributed by atoms with E-state index in [1.807, 2.05) is 0 Å². The van der Waals surface area contributed by atoms with Gasteiger partial charge in [0.2, 0.25) is 0 Å². The molecule has 1 N–H and O–H groups in total. The molecule has 0 aliphatic rings. The molecule has 2 heteroatoms. The number of aliphatic hydroxyl groups is 1. The molecular weight excluding hydrogens is 234 g/mol. The van der Waals surface area contributed by atoms with Crippen LogP contribution in [0, 0.1) is 0 Å². The van der Waals surface area contributed by atoms with E-state index in [0.29, 0.717) is 0 Å². The Morgan fingerprint density at radius 1 is 0.737 bits per heavy atom. The van der Waals surface area contributed by atoms with E-state index in [4.69, 9.17) is 0 Å². The Morgan fingerprint density at radius 3 is 1.68 bits per heavy atom. The molecule has 0 spiro atoms. The predicted octanol–water partition coefficient (Wildman–Crippen LogP) is 4.61. The minimum Gasteiger partial charge on any atom is -0.392 e. The van der Waals surface area contributed by atoms with Gasteiger partial charge >= 0.3 is 0 Å². The van der Waals surface area contributed by atoms with Gasteiger partial charge < -0.3 is 10.0 Å². The Hall–Kier alpha value is -0.0800. The van der Waals surface area contributed by atoms with Crippen LogP contribution >= 0.6 is 0 Å². The summed E-state index contributed by atoms with van der Waals surface area (Å²) in [4.78, 5) is 2.49. The van der Waals surface area contributed by atoms with E-state index in [-0.39, 0.29) is 6.10 Å². The zero-order valence-corrected chi connectivity index (χ0v) is 13.7. The van der Waals surface area contributed by atoms with Crippen LogP contribution in [0.3, 0.4) is 0 Å². The first-order valence-corrected chi connectivity index (χ1v) is 8.64. The molecule has 0 aliphatic heterocycles. The lowest BCUT2D eigenvalue weighted by atomic mass is 10.1. The lowest BCUT2D eigenvalue weighted by Gasteiger charge is -2.25. The molecule has 1 atom stereocenters. The average molecular weight is 271 g/mol. The third-order valence-corrected chi connectivity index (χ3v) is 3.77. The zero-order chi connectivity index (χ0) is 14.3. The third kappa shape index (κ3) is 12.7. The highest BCUT2D eigenvalue weighted by molar-refractivity contribution is 4.65. The molecule has 0 rings (SSSR count). The first kappa shape index (κ1) is 18.9. The van der Waals surface area contributed by atoms with Crippen LogP contribution in [-0.2, 0) is 0 Å². The summed E-state index contributed by atoms with van der Waals surface area (Å²) in [6.07, 6.45) is 12.3. The second kappa shape index (κ2) is 14.3. The zero-order valence-electron chi connectivity index (χ0n) is 13.7. The molecule has 0 heterocycles. The standard InChI is InChI=1S/C17H37NO/c1-4-7-10-13-17(19)16-18(14-11-8-5-2)15-12-9-6-3/h17,19H,4-16H2,1-3H3. The van der Waals surface area contributed by atoms with Crippen molar-refractivity contribution in [2.75, 3.05) is 19.6 Å². The highest BCUT2D eigenvalue weighted by Crippen LogP contribution is 2.08. The quantitative estimate of drug-likeness (QED) is 0.466. The Labute approximate surface area is 121 Å². The van der Waals surface area contributed by atoms with Crippen molar-refractivity contribution in [3.8, 4) is 0 Å². The second-order valence-electron chi connectivity index (χ2n) is 5.86. The fourth-order valence-corrected chi connectivity index (χ4v) is 2.48. The van der Waals surface area contributed by atoms with Crippen LogP contribution in [-0.4, -0.2) is 35.7 Å². The van der Waals surface area contributed by atoms with Crippen molar-refractivity contribution in [1.82, 2.24) is 4.90 Å². The molecule has 0 saturated heterocycles. The van der Waals surface area contributed by atoms with Crippen molar-refractivity contribution in [3.63, 3.8) is 0 Å². The number of hydrogen-bond acceptors (Lipinski definition) is 2. The van der Waals surface area contributed by atoms with Crippen LogP contribution in [0.4, 0.5) is 0 Å². The molecule has 0 saturated carbocycles. The summed E-state index contributed by atoms with van der Waals surface area (Å²) in [5, 5.41) is 10.1. The SMILES string of the molecule is CCCCCC(O)CN(CCCCC)CCCCC. The number of rotatable bonds is 14. The number of hydrogen-bond donors (Lipinski definition) is 1. The molecule has 0 aliphatic carbocycles. The van der Waals surface area contributed by atoms with Gasteiger partial charge in [-0.2, -0.15) is 0 Å². The Morgan fingerprint density at radius 2 is 1.21 bits per heavy atom. The van der Waals surface area contributed by atoms with Crippen molar-refractivity contribution in [2.45, 2.75) is 91.1 Å². The molecule has 0 radical (unpaired) electrons. The second-order valence-corrected chi connectivity index (χ2v) is 5.86. The summed E-state index contributed by atoms with van der Waals surface area (Å²) in [5.74, 6) is 0. The van der Waals surface area contributed by atoms with Gasteiger partial charge in [-0.25, -0.2) is 0 Å². The van der Waals surface area contributed by atoms with Gasteiger partial charge in [-0.3, -0.25) is 0 Å². The normalized spacial score (nSPS) is 13.1. The van der Waals surface area contributed by atoms with Crippen molar-refractivity contribution in [2.24, 2.45) is 0 Å². The van der Waals surface area contributed by atoms with Crippen LogP contribution in [0.5, 0.6) is 0 Å². The molecule has 0 aromatic rings. The highest BCUT2D eigenvalue weighted by atomic mass is 16.3. The largest absolute Gasteiger partial charge is 0.392 e. The Bertz CT molecular complexity index is 163. The van der Waals surface area contributed by atoms with Gasteiger partial charge in [0.25, 0.3) is 0 Å². The lowest BCUT2D eigenvalue weighted by molar-refractivity contribution is 0.101. The maximum Gasteiger partial charge on any atom is 0.0667 e. The van der Waals surface area contributed by atoms with E-state index in [1.165, 1.54) is 70.9 Å². The molecule has 0 fully saturated rings. The van der Waals surface area contributed by atoms with Crippen LogP contribution in [0.2, 0.25) is 0 Å². The van der Waals surface area contributed by atoms with Gasteiger partial charge in [-0.1, -0.05) is 65.7 Å². The van der Waals surface area contributed by atoms with Gasteiger partial charge in [0.1, 0.15) is 0 Å². The predicted molar refractivity (Wildman–Crippen MR) is 85.6 cm³/mol. The van der Waals surface area contributed by atoms with E-state index in [1.54, 1.807) is 0 Å². The van der Waals surface area contributed by atoms with Gasteiger partial charge in [-0.05, 0) is 32.4 Å². The first-order valence-electron chi connectivity index (χ1n) is 8.64. The summed E-state index contributed by atoms with van der Waals surface area (Å²) >= 11 is 0. The molecule has 1 unspecified atom stereocenters. The van der Waals surface area contributed by atoms with E-state index in [9.17, 15) is 5.11 Å². The average Bonchev–Trinajstić information content (AvgIpc) is 2.39. The first-order chi connectivity index (χ1) is 9.24. The molecular formula is C17H37NO. The van der Waals surface area contributed by atoms with Crippen LogP contribution in [0.15, 0.2) is 0 Å². The molecule has 0 aromatic heterocycles. The fraction of sp³-hybridized carbons (Fsp3) is 1.00. The summed E-state index contributed by atoms with van der Waals surface area (Å²) < 4.78 is 0. The molecule has 0 amide bonds. The fourth-order valence-electron chi connectivity index (χ4n) is 2.48. The Balaban J connectivity index is 3.86. The maximum absolute atomic E-state index is 10.1. The van der Waals surface area contributed by atoms with Crippen LogP contribution in [0.25, 0.3) is 0 Å². The number of aliphatic hydroxyl groups excluding tert-OH is 1. The topological polar surface area (TPSA) is 23.5 Å². The Kier molecular flexibility index (Phi) is 14.3. The van der Waals surface area contributed by atoms with Crippen molar-refractivity contribution in [3.05, 3.63) is 0 Å². The number of nitrogens with zero attached hydrogens (tertiary/aromatic N) is 1. The van der Waals surface area contributed by atoms with E-state index in [2.05, 4.69) is 25.7 Å². The van der Waals surface area contributed by atoms with Gasteiger partial charge in [0.05, 0.1) is 6.10 Å². The summed E-state index contributed by atoms with van der Waals surface area (Å²) in [7, 11) is 0. The smallest absolute Gasteiger partial charge is 0.0667 e.